The van der Waals surface area contributed by atoms with E-state index < -0.39 is 5.82 Å². The molecule has 1 aromatic carbocycles. The highest BCUT2D eigenvalue weighted by Gasteiger charge is 2.35. The van der Waals surface area contributed by atoms with Crippen LogP contribution in [0.4, 0.5) is 4.39 Å². The summed E-state index contributed by atoms with van der Waals surface area (Å²) in [6.45, 7) is 0.461. The summed E-state index contributed by atoms with van der Waals surface area (Å²) in [6, 6.07) is 2.62. The first kappa shape index (κ1) is 12.7. The van der Waals surface area contributed by atoms with Crippen LogP contribution in [0.3, 0.4) is 0 Å². The molecule has 0 heterocycles. The van der Waals surface area contributed by atoms with Gasteiger partial charge in [-0.3, -0.25) is 0 Å². The summed E-state index contributed by atoms with van der Waals surface area (Å²) in [5.41, 5.74) is 6.34. The molecule has 0 aromatic heterocycles. The maximum Gasteiger partial charge on any atom is 0.145 e. The van der Waals surface area contributed by atoms with E-state index >= 15 is 0 Å². The van der Waals surface area contributed by atoms with E-state index in [-0.39, 0.29) is 16.2 Å². The molecule has 0 amide bonds. The quantitative estimate of drug-likeness (QED) is 0.854. The molecule has 2 rings (SSSR count). The van der Waals surface area contributed by atoms with Crippen LogP contribution in [0.25, 0.3) is 0 Å². The van der Waals surface area contributed by atoms with Crippen molar-refractivity contribution in [2.75, 3.05) is 6.54 Å². The summed E-state index contributed by atoms with van der Waals surface area (Å²) >= 11 is 5.80. The first-order valence-corrected chi connectivity index (χ1v) is 6.35. The van der Waals surface area contributed by atoms with Gasteiger partial charge in [0.2, 0.25) is 0 Å². The number of phenolic OH excluding ortho intramolecular Hbond substituents is 1. The standard InChI is InChI=1S/C13H17ClFNO/c14-10-6-9(12(17)7-11(10)15)13(8-16)4-2-1-3-5-13/h6-7,17H,1-5,8,16H2. The van der Waals surface area contributed by atoms with Crippen LogP contribution in [0.2, 0.25) is 5.02 Å². The fourth-order valence-corrected chi connectivity index (χ4v) is 2.94. The fraction of sp³-hybridized carbons (Fsp3) is 0.538. The second-order valence-electron chi connectivity index (χ2n) is 4.83. The van der Waals surface area contributed by atoms with Crippen LogP contribution in [-0.4, -0.2) is 11.7 Å². The molecule has 1 aliphatic carbocycles. The Morgan fingerprint density at radius 2 is 1.94 bits per heavy atom. The molecule has 0 unspecified atom stereocenters. The third kappa shape index (κ3) is 2.26. The average molecular weight is 258 g/mol. The first-order chi connectivity index (χ1) is 8.09. The Bertz CT molecular complexity index is 416. The van der Waals surface area contributed by atoms with Crippen molar-refractivity contribution >= 4 is 11.6 Å². The minimum Gasteiger partial charge on any atom is -0.508 e. The third-order valence-electron chi connectivity index (χ3n) is 3.81. The van der Waals surface area contributed by atoms with E-state index in [1.54, 1.807) is 0 Å². The Morgan fingerprint density at radius 3 is 2.53 bits per heavy atom. The van der Waals surface area contributed by atoms with Crippen LogP contribution in [0.15, 0.2) is 12.1 Å². The second kappa shape index (κ2) is 4.83. The van der Waals surface area contributed by atoms with Crippen molar-refractivity contribution in [3.8, 4) is 5.75 Å². The van der Waals surface area contributed by atoms with Gasteiger partial charge in [0.1, 0.15) is 11.6 Å². The number of nitrogens with two attached hydrogens (primary N) is 1. The van der Waals surface area contributed by atoms with E-state index in [1.807, 2.05) is 0 Å². The monoisotopic (exact) mass is 257 g/mol. The van der Waals surface area contributed by atoms with Crippen LogP contribution < -0.4 is 5.73 Å². The normalized spacial score (nSPS) is 19.2. The van der Waals surface area contributed by atoms with Crippen LogP contribution in [0.5, 0.6) is 5.75 Å². The number of aromatic hydroxyl groups is 1. The van der Waals surface area contributed by atoms with E-state index in [2.05, 4.69) is 0 Å². The highest BCUT2D eigenvalue weighted by molar-refractivity contribution is 6.30. The number of phenols is 1. The number of hydrogen-bond donors (Lipinski definition) is 2. The largest absolute Gasteiger partial charge is 0.508 e. The van der Waals surface area contributed by atoms with Crippen molar-refractivity contribution < 1.29 is 9.50 Å². The van der Waals surface area contributed by atoms with Crippen molar-refractivity contribution in [3.63, 3.8) is 0 Å². The minimum absolute atomic E-state index is 0.0285. The number of hydrogen-bond acceptors (Lipinski definition) is 2. The summed E-state index contributed by atoms with van der Waals surface area (Å²) in [5.74, 6) is -0.616. The number of halogens is 2. The SMILES string of the molecule is NCC1(c2cc(Cl)c(F)cc2O)CCCCC1. The van der Waals surface area contributed by atoms with Gasteiger partial charge in [0.25, 0.3) is 0 Å². The van der Waals surface area contributed by atoms with Crippen molar-refractivity contribution in [2.24, 2.45) is 5.73 Å². The minimum atomic E-state index is -0.587. The molecule has 3 N–H and O–H groups in total. The average Bonchev–Trinajstić information content (AvgIpc) is 2.34. The van der Waals surface area contributed by atoms with Gasteiger partial charge in [-0.2, -0.15) is 0 Å². The van der Waals surface area contributed by atoms with Crippen molar-refractivity contribution in [2.45, 2.75) is 37.5 Å². The highest BCUT2D eigenvalue weighted by Crippen LogP contribution is 2.43. The van der Waals surface area contributed by atoms with Crippen molar-refractivity contribution in [1.29, 1.82) is 0 Å². The van der Waals surface area contributed by atoms with Gasteiger partial charge < -0.3 is 10.8 Å². The van der Waals surface area contributed by atoms with Gasteiger partial charge in [0.05, 0.1) is 5.02 Å². The van der Waals surface area contributed by atoms with Crippen molar-refractivity contribution in [1.82, 2.24) is 0 Å². The number of benzene rings is 1. The van der Waals surface area contributed by atoms with E-state index in [1.165, 1.54) is 12.5 Å². The predicted molar refractivity (Wildman–Crippen MR) is 66.9 cm³/mol. The zero-order chi connectivity index (χ0) is 12.5. The van der Waals surface area contributed by atoms with Gasteiger partial charge in [0, 0.05) is 23.6 Å². The van der Waals surface area contributed by atoms with E-state index in [0.717, 1.165) is 31.7 Å². The summed E-state index contributed by atoms with van der Waals surface area (Å²) in [7, 11) is 0. The summed E-state index contributed by atoms with van der Waals surface area (Å²) in [6.07, 6.45) is 5.23. The van der Waals surface area contributed by atoms with Gasteiger partial charge in [0.15, 0.2) is 0 Å². The third-order valence-corrected chi connectivity index (χ3v) is 4.10. The lowest BCUT2D eigenvalue weighted by atomic mass is 9.69. The Labute approximate surface area is 106 Å². The maximum atomic E-state index is 13.2. The Morgan fingerprint density at radius 1 is 1.29 bits per heavy atom. The molecule has 1 saturated carbocycles. The van der Waals surface area contributed by atoms with Gasteiger partial charge in [-0.05, 0) is 18.9 Å². The lowest BCUT2D eigenvalue weighted by molar-refractivity contribution is 0.290. The van der Waals surface area contributed by atoms with E-state index in [9.17, 15) is 9.50 Å². The summed E-state index contributed by atoms with van der Waals surface area (Å²) in [4.78, 5) is 0. The molecule has 1 fully saturated rings. The molecule has 1 aromatic rings. The molecule has 17 heavy (non-hydrogen) atoms. The van der Waals surface area contributed by atoms with Crippen LogP contribution in [0, 0.1) is 5.82 Å². The van der Waals surface area contributed by atoms with E-state index in [0.29, 0.717) is 12.1 Å². The van der Waals surface area contributed by atoms with Crippen LogP contribution >= 0.6 is 11.6 Å². The molecule has 0 saturated heterocycles. The Hall–Kier alpha value is -0.800. The van der Waals surface area contributed by atoms with Gasteiger partial charge >= 0.3 is 0 Å². The zero-order valence-electron chi connectivity index (χ0n) is 9.68. The first-order valence-electron chi connectivity index (χ1n) is 5.98. The lowest BCUT2D eigenvalue weighted by Crippen LogP contribution is -2.37. The predicted octanol–water partition coefficient (Wildman–Crippen LogP) is 3.35. The lowest BCUT2D eigenvalue weighted by Gasteiger charge is -2.37. The second-order valence-corrected chi connectivity index (χ2v) is 5.24. The Kier molecular flexibility index (Phi) is 3.59. The van der Waals surface area contributed by atoms with Gasteiger partial charge in [-0.15, -0.1) is 0 Å². The van der Waals surface area contributed by atoms with E-state index in [4.69, 9.17) is 17.3 Å². The molecule has 4 heteroatoms. The van der Waals surface area contributed by atoms with Crippen LogP contribution in [-0.2, 0) is 5.41 Å². The number of rotatable bonds is 2. The van der Waals surface area contributed by atoms with Crippen molar-refractivity contribution in [3.05, 3.63) is 28.5 Å². The smallest absolute Gasteiger partial charge is 0.145 e. The van der Waals surface area contributed by atoms with Gasteiger partial charge in [-0.1, -0.05) is 30.9 Å². The topological polar surface area (TPSA) is 46.2 Å². The molecule has 0 aliphatic heterocycles. The molecular weight excluding hydrogens is 241 g/mol. The molecule has 94 valence electrons. The summed E-state index contributed by atoms with van der Waals surface area (Å²) < 4.78 is 13.2. The molecule has 0 radical (unpaired) electrons. The maximum absolute atomic E-state index is 13.2. The Balaban J connectivity index is 2.46. The molecule has 0 spiro atoms. The molecule has 0 atom stereocenters. The molecule has 0 bridgehead atoms. The fourth-order valence-electron chi connectivity index (χ4n) is 2.77. The molecule has 2 nitrogen and oxygen atoms in total. The van der Waals surface area contributed by atoms with Crippen LogP contribution in [0.1, 0.15) is 37.7 Å². The molecule has 1 aliphatic rings. The molecular formula is C13H17ClFNO. The zero-order valence-corrected chi connectivity index (χ0v) is 10.4. The highest BCUT2D eigenvalue weighted by atomic mass is 35.5. The summed E-state index contributed by atoms with van der Waals surface area (Å²) in [5, 5.41) is 9.96. The van der Waals surface area contributed by atoms with Gasteiger partial charge in [-0.25, -0.2) is 4.39 Å².